The van der Waals surface area contributed by atoms with Crippen LogP contribution in [0.15, 0.2) is 0 Å². The van der Waals surface area contributed by atoms with Gasteiger partial charge >= 0.3 is 23.9 Å². The minimum absolute atomic E-state index is 0.0583. The first-order valence-corrected chi connectivity index (χ1v) is 5.81. The van der Waals surface area contributed by atoms with E-state index >= 15 is 0 Å². The van der Waals surface area contributed by atoms with E-state index in [0.717, 1.165) is 0 Å². The van der Waals surface area contributed by atoms with Gasteiger partial charge in [-0.3, -0.25) is 19.2 Å². The highest BCUT2D eigenvalue weighted by atomic mass is 16.5. The first kappa shape index (κ1) is 21.1. The summed E-state index contributed by atoms with van der Waals surface area (Å²) in [5.41, 5.74) is 10.1. The quantitative estimate of drug-likeness (QED) is 0.396. The molecule has 0 radical (unpaired) electrons. The molecule has 21 heavy (non-hydrogen) atoms. The minimum atomic E-state index is -1.18. The lowest BCUT2D eigenvalue weighted by Gasteiger charge is -2.04. The first-order valence-electron chi connectivity index (χ1n) is 5.81. The summed E-state index contributed by atoms with van der Waals surface area (Å²) in [7, 11) is 0. The van der Waals surface area contributed by atoms with Crippen molar-refractivity contribution < 1.29 is 38.9 Å². The van der Waals surface area contributed by atoms with Gasteiger partial charge in [0.1, 0.15) is 18.7 Å². The van der Waals surface area contributed by atoms with Gasteiger partial charge in [0.15, 0.2) is 0 Å². The fourth-order valence-corrected chi connectivity index (χ4v) is 0.732. The molecule has 0 aliphatic carbocycles. The average Bonchev–Trinajstić information content (AvgIpc) is 2.35. The van der Waals surface area contributed by atoms with Crippen molar-refractivity contribution in [3.05, 3.63) is 0 Å². The van der Waals surface area contributed by atoms with Gasteiger partial charge in [0.25, 0.3) is 0 Å². The van der Waals surface area contributed by atoms with E-state index in [1.165, 1.54) is 13.8 Å². The molecule has 0 saturated heterocycles. The lowest BCUT2D eigenvalue weighted by atomic mass is 10.2. The Kier molecular flexibility index (Phi) is 11.7. The summed E-state index contributed by atoms with van der Waals surface area (Å²) in [5, 5.41) is 16.5. The van der Waals surface area contributed by atoms with Crippen molar-refractivity contribution in [1.29, 1.82) is 0 Å². The van der Waals surface area contributed by atoms with Gasteiger partial charge in [-0.1, -0.05) is 0 Å². The monoisotopic (exact) mass is 308 g/mol. The summed E-state index contributed by atoms with van der Waals surface area (Å²) in [5.74, 6) is -3.22. The van der Waals surface area contributed by atoms with Crippen LogP contribution >= 0.6 is 0 Å². The molecule has 6 N–H and O–H groups in total. The zero-order chi connectivity index (χ0) is 17.0. The van der Waals surface area contributed by atoms with Crippen molar-refractivity contribution in [2.75, 3.05) is 13.2 Å². The van der Waals surface area contributed by atoms with E-state index in [1.807, 2.05) is 0 Å². The molecule has 0 amide bonds. The molecule has 0 unspecified atom stereocenters. The number of nitrogens with two attached hydrogens (primary N) is 2. The van der Waals surface area contributed by atoms with Gasteiger partial charge < -0.3 is 31.2 Å². The maximum Gasteiger partial charge on any atom is 0.324 e. The number of carboxylic acid groups (broad SMARTS) is 2. The second-order valence-corrected chi connectivity index (χ2v) is 3.82. The molecular weight excluding hydrogens is 288 g/mol. The van der Waals surface area contributed by atoms with Gasteiger partial charge in [-0.15, -0.1) is 0 Å². The fraction of sp³-hybridized carbons (Fsp3) is 0.636. The number of carboxylic acids is 2. The van der Waals surface area contributed by atoms with Crippen LogP contribution in [0.4, 0.5) is 0 Å². The predicted molar refractivity (Wildman–Crippen MR) is 69.1 cm³/mol. The number of hydrogen-bond donors (Lipinski definition) is 4. The molecule has 10 nitrogen and oxygen atoms in total. The maximum absolute atomic E-state index is 10.2. The van der Waals surface area contributed by atoms with Crippen molar-refractivity contribution in [3.63, 3.8) is 0 Å². The summed E-state index contributed by atoms with van der Waals surface area (Å²) >= 11 is 0. The van der Waals surface area contributed by atoms with Gasteiger partial charge in [0.2, 0.25) is 0 Å². The van der Waals surface area contributed by atoms with Crippen molar-refractivity contribution in [2.45, 2.75) is 32.4 Å². The molecule has 0 saturated carbocycles. The number of rotatable bonds is 7. The normalized spacial score (nSPS) is 12.2. The van der Waals surface area contributed by atoms with Crippen LogP contribution in [0.25, 0.3) is 0 Å². The second kappa shape index (κ2) is 11.6. The standard InChI is InChI=1S/C6H11NO4.C5H9NO4/c1-4(8)11-3-2-5(7)6(9)10;1-3(7)10-2-4(6)5(8)9/h5H,2-3,7H2,1H3,(H,9,10);4H,2,6H2,1H3,(H,8,9)/t5-;4-/m00/s1. The number of ether oxygens (including phenoxy) is 2. The minimum Gasteiger partial charge on any atom is -0.480 e. The summed E-state index contributed by atoms with van der Waals surface area (Å²) in [4.78, 5) is 40.4. The fourth-order valence-electron chi connectivity index (χ4n) is 0.732. The molecule has 0 rings (SSSR count). The Bertz CT molecular complexity index is 371. The summed E-state index contributed by atoms with van der Waals surface area (Å²) < 4.78 is 8.80. The van der Waals surface area contributed by atoms with Crippen molar-refractivity contribution in [2.24, 2.45) is 11.5 Å². The third kappa shape index (κ3) is 15.7. The SMILES string of the molecule is CC(=O)OCC[C@H](N)C(=O)O.CC(=O)OC[C@H](N)C(=O)O. The molecule has 0 aromatic rings. The second-order valence-electron chi connectivity index (χ2n) is 3.82. The highest BCUT2D eigenvalue weighted by Crippen LogP contribution is 1.89. The molecular formula is C11H20N2O8. The van der Waals surface area contributed by atoms with Gasteiger partial charge in [-0.05, 0) is 0 Å². The van der Waals surface area contributed by atoms with Crippen LogP contribution in [0.1, 0.15) is 20.3 Å². The number of carbonyl (C=O) groups is 4. The Balaban J connectivity index is 0. The summed E-state index contributed by atoms with van der Waals surface area (Å²) in [6, 6.07) is -2.07. The summed E-state index contributed by atoms with van der Waals surface area (Å²) in [6.07, 6.45) is 0.148. The summed E-state index contributed by atoms with van der Waals surface area (Å²) in [6.45, 7) is 2.23. The topological polar surface area (TPSA) is 179 Å². The first-order chi connectivity index (χ1) is 9.57. The molecule has 0 spiro atoms. The van der Waals surface area contributed by atoms with E-state index in [1.54, 1.807) is 0 Å². The third-order valence-corrected chi connectivity index (χ3v) is 1.83. The van der Waals surface area contributed by atoms with E-state index in [4.69, 9.17) is 21.7 Å². The van der Waals surface area contributed by atoms with Crippen LogP contribution in [-0.2, 0) is 28.7 Å². The highest BCUT2D eigenvalue weighted by molar-refractivity contribution is 5.74. The molecule has 0 bridgehead atoms. The van der Waals surface area contributed by atoms with E-state index < -0.39 is 36.0 Å². The number of hydrogen-bond acceptors (Lipinski definition) is 8. The molecule has 122 valence electrons. The van der Waals surface area contributed by atoms with E-state index in [0.29, 0.717) is 0 Å². The molecule has 0 aromatic carbocycles. The lowest BCUT2D eigenvalue weighted by Crippen LogP contribution is -2.35. The van der Waals surface area contributed by atoms with E-state index in [-0.39, 0.29) is 19.6 Å². The number of esters is 2. The molecule has 0 aromatic heterocycles. The van der Waals surface area contributed by atoms with Crippen LogP contribution in [0.2, 0.25) is 0 Å². The van der Waals surface area contributed by atoms with Gasteiger partial charge in [0.05, 0.1) is 6.61 Å². The highest BCUT2D eigenvalue weighted by Gasteiger charge is 2.12. The van der Waals surface area contributed by atoms with Crippen LogP contribution in [0, 0.1) is 0 Å². The molecule has 10 heteroatoms. The van der Waals surface area contributed by atoms with Crippen LogP contribution in [0.5, 0.6) is 0 Å². The molecule has 0 aliphatic heterocycles. The zero-order valence-electron chi connectivity index (χ0n) is 11.8. The third-order valence-electron chi connectivity index (χ3n) is 1.83. The van der Waals surface area contributed by atoms with Crippen molar-refractivity contribution in [1.82, 2.24) is 0 Å². The Labute approximate surface area is 121 Å². The van der Waals surface area contributed by atoms with Gasteiger partial charge in [-0.2, -0.15) is 0 Å². The van der Waals surface area contributed by atoms with Crippen molar-refractivity contribution >= 4 is 23.9 Å². The van der Waals surface area contributed by atoms with Crippen molar-refractivity contribution in [3.8, 4) is 0 Å². The molecule has 0 fully saturated rings. The smallest absolute Gasteiger partial charge is 0.324 e. The van der Waals surface area contributed by atoms with Crippen LogP contribution in [-0.4, -0.2) is 59.4 Å². The lowest BCUT2D eigenvalue weighted by molar-refractivity contribution is -0.146. The Morgan fingerprint density at radius 1 is 0.905 bits per heavy atom. The molecule has 2 atom stereocenters. The number of carbonyl (C=O) groups excluding carboxylic acids is 2. The van der Waals surface area contributed by atoms with Gasteiger partial charge in [-0.25, -0.2) is 0 Å². The Hall–Kier alpha value is -2.20. The molecule has 0 aliphatic rings. The average molecular weight is 308 g/mol. The van der Waals surface area contributed by atoms with Crippen LogP contribution in [0.3, 0.4) is 0 Å². The predicted octanol–water partition coefficient (Wildman–Crippen LogP) is -1.69. The Morgan fingerprint density at radius 2 is 1.33 bits per heavy atom. The maximum atomic E-state index is 10.2. The van der Waals surface area contributed by atoms with Gasteiger partial charge in [0, 0.05) is 20.3 Å². The zero-order valence-corrected chi connectivity index (χ0v) is 11.8. The largest absolute Gasteiger partial charge is 0.480 e. The van der Waals surface area contributed by atoms with E-state index in [2.05, 4.69) is 9.47 Å². The van der Waals surface area contributed by atoms with Crippen LogP contribution < -0.4 is 11.5 Å². The Morgan fingerprint density at radius 3 is 1.67 bits per heavy atom. The molecule has 0 heterocycles. The number of aliphatic carboxylic acids is 2. The van der Waals surface area contributed by atoms with E-state index in [9.17, 15) is 19.2 Å².